The zero-order valence-corrected chi connectivity index (χ0v) is 10.3. The monoisotopic (exact) mass is 236 g/mol. The fourth-order valence-corrected chi connectivity index (χ4v) is 2.33. The van der Waals surface area contributed by atoms with Gasteiger partial charge in [-0.15, -0.1) is 0 Å². The summed E-state index contributed by atoms with van der Waals surface area (Å²) in [5.74, 6) is -0.0894. The van der Waals surface area contributed by atoms with E-state index in [-0.39, 0.29) is 11.4 Å². The van der Waals surface area contributed by atoms with Crippen molar-refractivity contribution in [3.63, 3.8) is 0 Å². The van der Waals surface area contributed by atoms with Gasteiger partial charge in [-0.2, -0.15) is 5.10 Å². The molecule has 17 heavy (non-hydrogen) atoms. The number of hydrogen-bond acceptors (Lipinski definition) is 3. The Hall–Kier alpha value is -1.36. The first-order valence-corrected chi connectivity index (χ1v) is 6.15. The number of nitrogens with zero attached hydrogens (tertiary/aromatic N) is 2. The minimum atomic E-state index is -0.212. The van der Waals surface area contributed by atoms with E-state index in [0.717, 1.165) is 12.8 Å². The van der Waals surface area contributed by atoms with Gasteiger partial charge in [0.15, 0.2) is 0 Å². The van der Waals surface area contributed by atoms with Crippen LogP contribution >= 0.6 is 0 Å². The van der Waals surface area contributed by atoms with Gasteiger partial charge in [0.25, 0.3) is 5.91 Å². The number of aryl methyl sites for hydroxylation is 1. The minimum Gasteiger partial charge on any atom is -0.350 e. The van der Waals surface area contributed by atoms with E-state index in [4.69, 9.17) is 5.73 Å². The molecule has 0 aromatic carbocycles. The van der Waals surface area contributed by atoms with Crippen molar-refractivity contribution in [3.05, 3.63) is 18.0 Å². The summed E-state index contributed by atoms with van der Waals surface area (Å²) < 4.78 is 1.62. The number of rotatable bonds is 3. The van der Waals surface area contributed by atoms with Crippen molar-refractivity contribution in [1.29, 1.82) is 0 Å². The molecule has 0 atom stereocenters. The molecular weight excluding hydrogens is 216 g/mol. The summed E-state index contributed by atoms with van der Waals surface area (Å²) in [5.41, 5.74) is 6.63. The van der Waals surface area contributed by atoms with E-state index in [9.17, 15) is 4.79 Å². The van der Waals surface area contributed by atoms with Crippen molar-refractivity contribution in [2.75, 3.05) is 6.54 Å². The van der Waals surface area contributed by atoms with Gasteiger partial charge in [-0.3, -0.25) is 9.48 Å². The third-order valence-electron chi connectivity index (χ3n) is 3.42. The Balaban J connectivity index is 1.87. The summed E-state index contributed by atoms with van der Waals surface area (Å²) in [4.78, 5) is 11.8. The second-order valence-electron chi connectivity index (χ2n) is 5.01. The lowest BCUT2D eigenvalue weighted by molar-refractivity contribution is 0.0937. The fourth-order valence-electron chi connectivity index (χ4n) is 2.33. The van der Waals surface area contributed by atoms with Crippen LogP contribution in [0.25, 0.3) is 0 Å². The Morgan fingerprint density at radius 2 is 2.24 bits per heavy atom. The summed E-state index contributed by atoms with van der Waals surface area (Å²) in [6, 6.07) is 0. The highest BCUT2D eigenvalue weighted by molar-refractivity contribution is 5.93. The van der Waals surface area contributed by atoms with E-state index in [1.165, 1.54) is 19.3 Å². The van der Waals surface area contributed by atoms with Crippen LogP contribution in [0.5, 0.6) is 0 Å². The lowest BCUT2D eigenvalue weighted by Crippen LogP contribution is -2.51. The first-order valence-electron chi connectivity index (χ1n) is 6.15. The third kappa shape index (κ3) is 3.06. The fraction of sp³-hybridized carbons (Fsp3) is 0.667. The molecule has 1 fully saturated rings. The summed E-state index contributed by atoms with van der Waals surface area (Å²) in [5, 5.41) is 6.88. The van der Waals surface area contributed by atoms with Crippen molar-refractivity contribution >= 4 is 5.91 Å². The van der Waals surface area contributed by atoms with Gasteiger partial charge in [-0.25, -0.2) is 0 Å². The molecule has 1 saturated carbocycles. The third-order valence-corrected chi connectivity index (χ3v) is 3.42. The summed E-state index contributed by atoms with van der Waals surface area (Å²) >= 11 is 0. The molecule has 1 amide bonds. The predicted octanol–water partition coefficient (Wildman–Crippen LogP) is 0.811. The van der Waals surface area contributed by atoms with Crippen LogP contribution in [0.4, 0.5) is 0 Å². The quantitative estimate of drug-likeness (QED) is 0.815. The van der Waals surface area contributed by atoms with Crippen LogP contribution in [0.15, 0.2) is 12.4 Å². The maximum atomic E-state index is 11.8. The van der Waals surface area contributed by atoms with Crippen LogP contribution < -0.4 is 11.1 Å². The number of amides is 1. The van der Waals surface area contributed by atoms with E-state index < -0.39 is 0 Å². The Morgan fingerprint density at radius 1 is 1.53 bits per heavy atom. The Morgan fingerprint density at radius 3 is 2.82 bits per heavy atom. The van der Waals surface area contributed by atoms with Crippen LogP contribution in [-0.2, 0) is 7.05 Å². The lowest BCUT2D eigenvalue weighted by Gasteiger charge is -2.33. The first kappa shape index (κ1) is 12.1. The molecule has 0 radical (unpaired) electrons. The van der Waals surface area contributed by atoms with E-state index in [1.54, 1.807) is 24.1 Å². The average Bonchev–Trinajstić information content (AvgIpc) is 2.74. The number of nitrogens with one attached hydrogen (secondary N) is 1. The molecule has 0 spiro atoms. The maximum absolute atomic E-state index is 11.8. The van der Waals surface area contributed by atoms with Gasteiger partial charge < -0.3 is 11.1 Å². The highest BCUT2D eigenvalue weighted by Gasteiger charge is 2.27. The lowest BCUT2D eigenvalue weighted by atomic mass is 9.82. The van der Waals surface area contributed by atoms with Gasteiger partial charge >= 0.3 is 0 Å². The number of carbonyl (C=O) groups is 1. The van der Waals surface area contributed by atoms with Crippen LogP contribution in [0, 0.1) is 0 Å². The zero-order chi connectivity index (χ0) is 12.3. The Kier molecular flexibility index (Phi) is 3.47. The Bertz CT molecular complexity index is 393. The normalized spacial score (nSPS) is 18.9. The molecule has 0 bridgehead atoms. The highest BCUT2D eigenvalue weighted by Crippen LogP contribution is 2.25. The van der Waals surface area contributed by atoms with Crippen molar-refractivity contribution < 1.29 is 4.79 Å². The molecule has 1 aliphatic carbocycles. The number of nitrogens with two attached hydrogens (primary N) is 1. The zero-order valence-electron chi connectivity index (χ0n) is 10.3. The molecule has 5 heteroatoms. The van der Waals surface area contributed by atoms with Gasteiger partial charge in [-0.05, 0) is 12.8 Å². The molecule has 0 unspecified atom stereocenters. The SMILES string of the molecule is Cn1cc(C(=O)NCC2(N)CCCCC2)cn1. The number of hydrogen-bond donors (Lipinski definition) is 2. The van der Waals surface area contributed by atoms with Gasteiger partial charge in [-0.1, -0.05) is 19.3 Å². The molecular formula is C12H20N4O. The average molecular weight is 236 g/mol. The molecule has 3 N–H and O–H groups in total. The molecule has 0 saturated heterocycles. The molecule has 94 valence electrons. The van der Waals surface area contributed by atoms with E-state index in [2.05, 4.69) is 10.4 Å². The van der Waals surface area contributed by atoms with Crippen molar-refractivity contribution in [1.82, 2.24) is 15.1 Å². The van der Waals surface area contributed by atoms with Gasteiger partial charge in [0.05, 0.1) is 11.8 Å². The summed E-state index contributed by atoms with van der Waals surface area (Å²) in [6.07, 6.45) is 8.87. The van der Waals surface area contributed by atoms with E-state index >= 15 is 0 Å². The van der Waals surface area contributed by atoms with Gasteiger partial charge in [0.2, 0.25) is 0 Å². The summed E-state index contributed by atoms with van der Waals surface area (Å²) in [7, 11) is 1.79. The van der Waals surface area contributed by atoms with Crippen molar-refractivity contribution in [3.8, 4) is 0 Å². The van der Waals surface area contributed by atoms with Crippen LogP contribution in [-0.4, -0.2) is 27.8 Å². The smallest absolute Gasteiger partial charge is 0.254 e. The van der Waals surface area contributed by atoms with Crippen molar-refractivity contribution in [2.24, 2.45) is 12.8 Å². The standard InChI is InChI=1S/C12H20N4O/c1-16-8-10(7-15-16)11(17)14-9-12(13)5-3-2-4-6-12/h7-8H,2-6,9,13H2,1H3,(H,14,17). The van der Waals surface area contributed by atoms with Crippen LogP contribution in [0.3, 0.4) is 0 Å². The Labute approximate surface area is 101 Å². The topological polar surface area (TPSA) is 72.9 Å². The first-order chi connectivity index (χ1) is 8.09. The van der Waals surface area contributed by atoms with E-state index in [1.807, 2.05) is 0 Å². The van der Waals surface area contributed by atoms with Crippen molar-refractivity contribution in [2.45, 2.75) is 37.6 Å². The van der Waals surface area contributed by atoms with Crippen LogP contribution in [0.2, 0.25) is 0 Å². The largest absolute Gasteiger partial charge is 0.350 e. The second kappa shape index (κ2) is 4.87. The van der Waals surface area contributed by atoms with Gasteiger partial charge in [0, 0.05) is 25.3 Å². The molecule has 0 aliphatic heterocycles. The van der Waals surface area contributed by atoms with Gasteiger partial charge in [0.1, 0.15) is 0 Å². The van der Waals surface area contributed by atoms with Crippen LogP contribution in [0.1, 0.15) is 42.5 Å². The predicted molar refractivity (Wildman–Crippen MR) is 65.5 cm³/mol. The molecule has 1 heterocycles. The number of carbonyl (C=O) groups excluding carboxylic acids is 1. The highest BCUT2D eigenvalue weighted by atomic mass is 16.1. The number of aromatic nitrogens is 2. The second-order valence-corrected chi connectivity index (χ2v) is 5.01. The molecule has 5 nitrogen and oxygen atoms in total. The molecule has 1 aliphatic rings. The minimum absolute atomic E-state index is 0.0894. The molecule has 1 aromatic heterocycles. The molecule has 2 rings (SSSR count). The maximum Gasteiger partial charge on any atom is 0.254 e. The van der Waals surface area contributed by atoms with E-state index in [0.29, 0.717) is 12.1 Å². The summed E-state index contributed by atoms with van der Waals surface area (Å²) in [6.45, 7) is 0.556. The molecule has 1 aromatic rings.